The summed E-state index contributed by atoms with van der Waals surface area (Å²) in [6, 6.07) is 24.5. The number of hydrogen-bond donors (Lipinski definition) is 0. The number of sulfonamides is 1. The van der Waals surface area contributed by atoms with E-state index in [4.69, 9.17) is 0 Å². The van der Waals surface area contributed by atoms with Gasteiger partial charge < -0.3 is 0 Å². The number of benzene rings is 3. The van der Waals surface area contributed by atoms with Crippen LogP contribution in [0.25, 0.3) is 0 Å². The van der Waals surface area contributed by atoms with E-state index in [0.29, 0.717) is 5.56 Å². The largest absolute Gasteiger partial charge is 0.269 e. The molecule has 0 aromatic heterocycles. The van der Waals surface area contributed by atoms with Gasteiger partial charge in [-0.25, -0.2) is 8.42 Å². The fraction of sp³-hybridized carbons (Fsp3) is 0.143. The van der Waals surface area contributed by atoms with Gasteiger partial charge in [-0.2, -0.15) is 4.31 Å². The maximum absolute atomic E-state index is 13.1. The highest BCUT2D eigenvalue weighted by Crippen LogP contribution is 2.20. The zero-order chi connectivity index (χ0) is 20.0. The van der Waals surface area contributed by atoms with Crippen LogP contribution in [0.1, 0.15) is 16.7 Å². The van der Waals surface area contributed by atoms with Crippen molar-refractivity contribution in [2.45, 2.75) is 18.8 Å². The van der Waals surface area contributed by atoms with E-state index in [1.54, 1.807) is 6.07 Å². The Morgan fingerprint density at radius 2 is 1.25 bits per heavy atom. The molecule has 144 valence electrons. The molecule has 0 saturated heterocycles. The molecule has 0 atom stereocenters. The van der Waals surface area contributed by atoms with Crippen molar-refractivity contribution in [2.75, 3.05) is 0 Å². The zero-order valence-corrected chi connectivity index (χ0v) is 16.0. The van der Waals surface area contributed by atoms with Crippen molar-refractivity contribution in [3.05, 3.63) is 112 Å². The van der Waals surface area contributed by atoms with E-state index < -0.39 is 14.9 Å². The summed E-state index contributed by atoms with van der Waals surface area (Å²) in [7, 11) is -3.70. The third kappa shape index (κ3) is 5.25. The Balaban J connectivity index is 1.88. The summed E-state index contributed by atoms with van der Waals surface area (Å²) >= 11 is 0. The van der Waals surface area contributed by atoms with Gasteiger partial charge in [-0.05, 0) is 16.7 Å². The second-order valence-corrected chi connectivity index (χ2v) is 8.39. The molecule has 0 bridgehead atoms. The van der Waals surface area contributed by atoms with Crippen LogP contribution >= 0.6 is 0 Å². The molecule has 0 aliphatic heterocycles. The van der Waals surface area contributed by atoms with Gasteiger partial charge in [0.05, 0.1) is 10.7 Å². The standard InChI is InChI=1S/C21H20N2O4S/c24-23(25)21-13-7-12-20(14-21)17-28(26,27)22(15-18-8-3-1-4-9-18)16-19-10-5-2-6-11-19/h1-14H,15-17H2. The highest BCUT2D eigenvalue weighted by atomic mass is 32.2. The topological polar surface area (TPSA) is 80.5 Å². The molecule has 0 spiro atoms. The van der Waals surface area contributed by atoms with Crippen LogP contribution in [0.2, 0.25) is 0 Å². The molecule has 0 aliphatic carbocycles. The van der Waals surface area contributed by atoms with E-state index in [9.17, 15) is 18.5 Å². The highest BCUT2D eigenvalue weighted by molar-refractivity contribution is 7.88. The molecule has 3 aromatic rings. The third-order valence-corrected chi connectivity index (χ3v) is 6.01. The van der Waals surface area contributed by atoms with Crippen molar-refractivity contribution >= 4 is 15.7 Å². The summed E-state index contributed by atoms with van der Waals surface area (Å²) in [5.74, 6) is -0.297. The smallest absolute Gasteiger partial charge is 0.258 e. The highest BCUT2D eigenvalue weighted by Gasteiger charge is 2.24. The van der Waals surface area contributed by atoms with Gasteiger partial charge in [-0.1, -0.05) is 72.8 Å². The van der Waals surface area contributed by atoms with Gasteiger partial charge >= 0.3 is 0 Å². The van der Waals surface area contributed by atoms with Crippen molar-refractivity contribution in [3.63, 3.8) is 0 Å². The lowest BCUT2D eigenvalue weighted by atomic mass is 10.2. The Morgan fingerprint density at radius 1 is 0.750 bits per heavy atom. The molecule has 3 aromatic carbocycles. The van der Waals surface area contributed by atoms with Crippen molar-refractivity contribution in [1.82, 2.24) is 4.31 Å². The minimum atomic E-state index is -3.70. The first-order valence-electron chi connectivity index (χ1n) is 8.73. The van der Waals surface area contributed by atoms with Gasteiger partial charge in [0.1, 0.15) is 0 Å². The molecular formula is C21H20N2O4S. The first-order chi connectivity index (χ1) is 13.4. The van der Waals surface area contributed by atoms with Crippen molar-refractivity contribution in [2.24, 2.45) is 0 Å². The Kier molecular flexibility index (Phi) is 6.18. The molecule has 0 radical (unpaired) electrons. The molecule has 7 heteroatoms. The van der Waals surface area contributed by atoms with Crippen LogP contribution in [0.3, 0.4) is 0 Å². The first-order valence-corrected chi connectivity index (χ1v) is 10.3. The summed E-state index contributed by atoms with van der Waals surface area (Å²) in [5, 5.41) is 11.0. The number of nitro benzene ring substituents is 1. The molecule has 0 heterocycles. The summed E-state index contributed by atoms with van der Waals surface area (Å²) < 4.78 is 27.7. The second kappa shape index (κ2) is 8.77. The lowest BCUT2D eigenvalue weighted by Gasteiger charge is -2.22. The van der Waals surface area contributed by atoms with Crippen molar-refractivity contribution in [3.8, 4) is 0 Å². The molecule has 0 saturated carbocycles. The summed E-state index contributed by atoms with van der Waals surface area (Å²) in [4.78, 5) is 10.5. The Labute approximate surface area is 164 Å². The van der Waals surface area contributed by atoms with E-state index in [0.717, 1.165) is 11.1 Å². The van der Waals surface area contributed by atoms with Gasteiger partial charge in [0.2, 0.25) is 10.0 Å². The Morgan fingerprint density at radius 3 is 1.75 bits per heavy atom. The van der Waals surface area contributed by atoms with Crippen molar-refractivity contribution in [1.29, 1.82) is 0 Å². The third-order valence-electron chi connectivity index (χ3n) is 4.27. The van der Waals surface area contributed by atoms with E-state index in [2.05, 4.69) is 0 Å². The molecule has 0 aliphatic rings. The molecule has 0 N–H and O–H groups in total. The van der Waals surface area contributed by atoms with Crippen LogP contribution in [-0.4, -0.2) is 17.6 Å². The normalized spacial score (nSPS) is 11.5. The van der Waals surface area contributed by atoms with E-state index in [1.165, 1.54) is 22.5 Å². The average molecular weight is 396 g/mol. The average Bonchev–Trinajstić information content (AvgIpc) is 2.69. The summed E-state index contributed by atoms with van der Waals surface area (Å²) in [6.45, 7) is 0.458. The monoisotopic (exact) mass is 396 g/mol. The van der Waals surface area contributed by atoms with E-state index in [1.807, 2.05) is 60.7 Å². The quantitative estimate of drug-likeness (QED) is 0.424. The fourth-order valence-corrected chi connectivity index (χ4v) is 4.36. The molecular weight excluding hydrogens is 376 g/mol. The van der Waals surface area contributed by atoms with Crippen LogP contribution in [0.4, 0.5) is 5.69 Å². The molecule has 0 amide bonds. The molecule has 3 rings (SSSR count). The second-order valence-electron chi connectivity index (χ2n) is 6.42. The van der Waals surface area contributed by atoms with Crippen LogP contribution in [0.5, 0.6) is 0 Å². The molecule has 28 heavy (non-hydrogen) atoms. The first kappa shape index (κ1) is 19.7. The zero-order valence-electron chi connectivity index (χ0n) is 15.1. The van der Waals surface area contributed by atoms with Gasteiger partial charge in [0.15, 0.2) is 0 Å². The van der Waals surface area contributed by atoms with Gasteiger partial charge in [0.25, 0.3) is 5.69 Å². The number of non-ortho nitro benzene ring substituents is 1. The van der Waals surface area contributed by atoms with Crippen LogP contribution in [0, 0.1) is 10.1 Å². The van der Waals surface area contributed by atoms with Crippen LogP contribution < -0.4 is 0 Å². The lowest BCUT2D eigenvalue weighted by Crippen LogP contribution is -2.31. The minimum Gasteiger partial charge on any atom is -0.258 e. The van der Waals surface area contributed by atoms with E-state index in [-0.39, 0.29) is 24.5 Å². The Bertz CT molecular complexity index is 997. The number of nitrogens with zero attached hydrogens (tertiary/aromatic N) is 2. The summed E-state index contributed by atoms with van der Waals surface area (Å²) in [5.41, 5.74) is 2.02. The minimum absolute atomic E-state index is 0.120. The number of hydrogen-bond acceptors (Lipinski definition) is 4. The molecule has 0 unspecified atom stereocenters. The van der Waals surface area contributed by atoms with Crippen LogP contribution in [0.15, 0.2) is 84.9 Å². The summed E-state index contributed by atoms with van der Waals surface area (Å²) in [6.07, 6.45) is 0. The van der Waals surface area contributed by atoms with Crippen molar-refractivity contribution < 1.29 is 13.3 Å². The van der Waals surface area contributed by atoms with E-state index >= 15 is 0 Å². The lowest BCUT2D eigenvalue weighted by molar-refractivity contribution is -0.384. The fourth-order valence-electron chi connectivity index (χ4n) is 2.89. The van der Waals surface area contributed by atoms with Gasteiger partial charge in [0, 0.05) is 25.2 Å². The predicted octanol–water partition coefficient (Wildman–Crippen LogP) is 4.13. The van der Waals surface area contributed by atoms with Gasteiger partial charge in [-0.15, -0.1) is 0 Å². The number of rotatable bonds is 8. The van der Waals surface area contributed by atoms with Crippen LogP contribution in [-0.2, 0) is 28.9 Å². The predicted molar refractivity (Wildman–Crippen MR) is 108 cm³/mol. The molecule has 6 nitrogen and oxygen atoms in total. The molecule has 0 fully saturated rings. The number of nitro groups is 1. The SMILES string of the molecule is O=[N+]([O-])c1cccc(CS(=O)(=O)N(Cc2ccccc2)Cc2ccccc2)c1. The maximum atomic E-state index is 13.1. The Hall–Kier alpha value is -3.03. The van der Waals surface area contributed by atoms with Gasteiger partial charge in [-0.3, -0.25) is 10.1 Å². The maximum Gasteiger partial charge on any atom is 0.269 e.